The summed E-state index contributed by atoms with van der Waals surface area (Å²) in [4.78, 5) is 25.1. The first-order valence-electron chi connectivity index (χ1n) is 10.4. The molecule has 5 saturated carbocycles. The van der Waals surface area contributed by atoms with Gasteiger partial charge in [0.15, 0.2) is 6.61 Å². The number of amides is 1. The van der Waals surface area contributed by atoms with Crippen LogP contribution in [0.15, 0.2) is 0 Å². The molecule has 0 radical (unpaired) electrons. The standard InChI is InChI=1S/C21H33NO3/c1-13-4-3-5-18(14(13)2)22-19(23)12-25-20(24)21-9-15-6-16(10-21)8-17(7-15)11-21/h13-18H,3-12H2,1-2H3,(H,22,23)/t13-,14+,15?,16?,17?,18-,21?/m0/s1. The van der Waals surface area contributed by atoms with Crippen molar-refractivity contribution < 1.29 is 14.3 Å². The summed E-state index contributed by atoms with van der Waals surface area (Å²) in [6.45, 7) is 4.38. The fourth-order valence-electron chi connectivity index (χ4n) is 6.68. The molecule has 0 aromatic heterocycles. The van der Waals surface area contributed by atoms with Crippen molar-refractivity contribution in [2.45, 2.75) is 77.7 Å². The number of rotatable bonds is 4. The SMILES string of the molecule is C[C@H]1[C@@H](NC(=O)COC(=O)C23CC4CC(CC(C4)C2)C3)CCC[C@@H]1C. The zero-order chi connectivity index (χ0) is 17.6. The fourth-order valence-corrected chi connectivity index (χ4v) is 6.68. The molecular weight excluding hydrogens is 314 g/mol. The summed E-state index contributed by atoms with van der Waals surface area (Å²) in [7, 11) is 0. The van der Waals surface area contributed by atoms with Crippen LogP contribution in [0.5, 0.6) is 0 Å². The molecule has 0 heterocycles. The quantitative estimate of drug-likeness (QED) is 0.789. The van der Waals surface area contributed by atoms with Crippen molar-refractivity contribution in [2.75, 3.05) is 6.61 Å². The van der Waals surface area contributed by atoms with Crippen LogP contribution in [0.2, 0.25) is 0 Å². The van der Waals surface area contributed by atoms with Crippen LogP contribution in [-0.4, -0.2) is 24.5 Å². The average Bonchev–Trinajstić information content (AvgIpc) is 2.55. The van der Waals surface area contributed by atoms with Crippen molar-refractivity contribution in [1.29, 1.82) is 0 Å². The van der Waals surface area contributed by atoms with Crippen LogP contribution in [0.1, 0.15) is 71.6 Å². The molecule has 1 N–H and O–H groups in total. The van der Waals surface area contributed by atoms with Crippen LogP contribution < -0.4 is 5.32 Å². The predicted molar refractivity (Wildman–Crippen MR) is 95.7 cm³/mol. The molecule has 1 amide bonds. The molecule has 5 aliphatic rings. The Balaban J connectivity index is 1.29. The van der Waals surface area contributed by atoms with Crippen molar-refractivity contribution in [3.8, 4) is 0 Å². The van der Waals surface area contributed by atoms with Crippen molar-refractivity contribution in [3.63, 3.8) is 0 Å². The smallest absolute Gasteiger partial charge is 0.312 e. The van der Waals surface area contributed by atoms with Crippen molar-refractivity contribution in [1.82, 2.24) is 5.32 Å². The van der Waals surface area contributed by atoms with Gasteiger partial charge in [-0.15, -0.1) is 0 Å². The average molecular weight is 347 g/mol. The molecule has 4 heteroatoms. The van der Waals surface area contributed by atoms with Crippen LogP contribution in [0, 0.1) is 35.0 Å². The van der Waals surface area contributed by atoms with Crippen molar-refractivity contribution in [3.05, 3.63) is 0 Å². The summed E-state index contributed by atoms with van der Waals surface area (Å²) in [6, 6.07) is 0.231. The first kappa shape index (κ1) is 17.4. The summed E-state index contributed by atoms with van der Waals surface area (Å²) in [5.41, 5.74) is -0.262. The molecule has 3 atom stereocenters. The first-order valence-corrected chi connectivity index (χ1v) is 10.4. The Kier molecular flexibility index (Phi) is 4.57. The van der Waals surface area contributed by atoms with E-state index in [0.29, 0.717) is 11.8 Å². The van der Waals surface area contributed by atoms with Gasteiger partial charge in [0.05, 0.1) is 5.41 Å². The molecule has 5 rings (SSSR count). The molecule has 25 heavy (non-hydrogen) atoms. The lowest BCUT2D eigenvalue weighted by Gasteiger charge is -2.55. The van der Waals surface area contributed by atoms with E-state index in [2.05, 4.69) is 19.2 Å². The Bertz CT molecular complexity index is 508. The maximum absolute atomic E-state index is 12.8. The van der Waals surface area contributed by atoms with E-state index in [4.69, 9.17) is 4.74 Å². The Morgan fingerprint density at radius 3 is 2.20 bits per heavy atom. The van der Waals surface area contributed by atoms with Crippen LogP contribution in [-0.2, 0) is 14.3 Å². The number of carbonyl (C=O) groups is 2. The molecule has 0 spiro atoms. The van der Waals surface area contributed by atoms with Gasteiger partial charge in [0, 0.05) is 6.04 Å². The second kappa shape index (κ2) is 6.59. The van der Waals surface area contributed by atoms with E-state index < -0.39 is 0 Å². The zero-order valence-electron chi connectivity index (χ0n) is 15.8. The summed E-state index contributed by atoms with van der Waals surface area (Å²) in [6.07, 6.45) is 10.4. The highest BCUT2D eigenvalue weighted by atomic mass is 16.5. The second-order valence-electron chi connectivity index (χ2n) is 9.72. The maximum atomic E-state index is 12.8. The highest BCUT2D eigenvalue weighted by Gasteiger charge is 2.55. The number of ether oxygens (including phenoxy) is 1. The summed E-state index contributed by atoms with van der Waals surface area (Å²) < 4.78 is 5.54. The predicted octanol–water partition coefficient (Wildman–Crippen LogP) is 3.69. The highest BCUT2D eigenvalue weighted by Crippen LogP contribution is 2.60. The van der Waals surface area contributed by atoms with Gasteiger partial charge < -0.3 is 10.1 Å². The molecule has 5 aliphatic carbocycles. The Morgan fingerprint density at radius 1 is 1.00 bits per heavy atom. The van der Waals surface area contributed by atoms with Gasteiger partial charge in [-0.05, 0) is 74.5 Å². The van der Waals surface area contributed by atoms with Gasteiger partial charge in [0.1, 0.15) is 0 Å². The molecule has 0 unspecified atom stereocenters. The van der Waals surface area contributed by atoms with E-state index in [9.17, 15) is 9.59 Å². The summed E-state index contributed by atoms with van der Waals surface area (Å²) in [5.74, 6) is 3.09. The van der Waals surface area contributed by atoms with Gasteiger partial charge in [-0.25, -0.2) is 0 Å². The molecule has 140 valence electrons. The molecule has 4 nitrogen and oxygen atoms in total. The minimum atomic E-state index is -0.262. The molecule has 0 saturated heterocycles. The van der Waals surface area contributed by atoms with Crippen LogP contribution >= 0.6 is 0 Å². The number of esters is 1. The van der Waals surface area contributed by atoms with Gasteiger partial charge in [-0.2, -0.15) is 0 Å². The maximum Gasteiger partial charge on any atom is 0.312 e. The van der Waals surface area contributed by atoms with Crippen LogP contribution in [0.3, 0.4) is 0 Å². The second-order valence-corrected chi connectivity index (χ2v) is 9.72. The third-order valence-corrected chi connectivity index (χ3v) is 7.86. The van der Waals surface area contributed by atoms with E-state index >= 15 is 0 Å². The van der Waals surface area contributed by atoms with Gasteiger partial charge in [0.2, 0.25) is 0 Å². The third kappa shape index (κ3) is 3.33. The number of hydrogen-bond donors (Lipinski definition) is 1. The van der Waals surface area contributed by atoms with E-state index in [1.807, 2.05) is 0 Å². The lowest BCUT2D eigenvalue weighted by atomic mass is 9.49. The molecule has 0 aromatic carbocycles. The van der Waals surface area contributed by atoms with Crippen molar-refractivity contribution >= 4 is 11.9 Å². The van der Waals surface area contributed by atoms with Gasteiger partial charge in [-0.3, -0.25) is 9.59 Å². The lowest BCUT2D eigenvalue weighted by molar-refractivity contribution is -0.173. The van der Waals surface area contributed by atoms with Crippen molar-refractivity contribution in [2.24, 2.45) is 35.0 Å². The largest absolute Gasteiger partial charge is 0.455 e. The third-order valence-electron chi connectivity index (χ3n) is 7.86. The highest BCUT2D eigenvalue weighted by molar-refractivity contribution is 5.83. The first-order chi connectivity index (χ1) is 11.9. The van der Waals surface area contributed by atoms with E-state index in [1.54, 1.807) is 0 Å². The summed E-state index contributed by atoms with van der Waals surface area (Å²) >= 11 is 0. The van der Waals surface area contributed by atoms with Crippen LogP contribution in [0.4, 0.5) is 0 Å². The number of hydrogen-bond acceptors (Lipinski definition) is 3. The minimum Gasteiger partial charge on any atom is -0.455 e. The van der Waals surface area contributed by atoms with E-state index in [-0.39, 0.29) is 29.9 Å². The lowest BCUT2D eigenvalue weighted by Crippen LogP contribution is -2.51. The Hall–Kier alpha value is -1.06. The zero-order valence-corrected chi connectivity index (χ0v) is 15.8. The molecule has 0 aliphatic heterocycles. The summed E-state index contributed by atoms with van der Waals surface area (Å²) in [5, 5.41) is 3.11. The molecule has 4 bridgehead atoms. The normalized spacial score (nSPS) is 45.2. The van der Waals surface area contributed by atoms with Gasteiger partial charge >= 0.3 is 5.97 Å². The minimum absolute atomic E-state index is 0.0909. The molecule has 0 aromatic rings. The van der Waals surface area contributed by atoms with E-state index in [0.717, 1.165) is 43.4 Å². The van der Waals surface area contributed by atoms with E-state index in [1.165, 1.54) is 32.1 Å². The van der Waals surface area contributed by atoms with Crippen LogP contribution in [0.25, 0.3) is 0 Å². The Labute approximate surface area is 151 Å². The molecular formula is C21H33NO3. The topological polar surface area (TPSA) is 55.4 Å². The fraction of sp³-hybridized carbons (Fsp3) is 0.905. The number of nitrogens with one attached hydrogen (secondary N) is 1. The molecule has 5 fully saturated rings. The monoisotopic (exact) mass is 347 g/mol. The van der Waals surface area contributed by atoms with Gasteiger partial charge in [0.25, 0.3) is 5.91 Å². The van der Waals surface area contributed by atoms with Gasteiger partial charge in [-0.1, -0.05) is 26.7 Å². The Morgan fingerprint density at radius 2 is 1.60 bits per heavy atom. The number of carbonyl (C=O) groups excluding carboxylic acids is 2.